The summed E-state index contributed by atoms with van der Waals surface area (Å²) in [6.45, 7) is 5.27. The molecule has 0 radical (unpaired) electrons. The van der Waals surface area contributed by atoms with E-state index in [1.807, 2.05) is 23.1 Å². The number of hydrogen-bond donors (Lipinski definition) is 1. The molecule has 118 valence electrons. The van der Waals surface area contributed by atoms with E-state index in [0.717, 1.165) is 24.4 Å². The minimum absolute atomic E-state index is 0.0446. The van der Waals surface area contributed by atoms with Crippen LogP contribution >= 0.6 is 0 Å². The van der Waals surface area contributed by atoms with Crippen molar-refractivity contribution in [3.05, 3.63) is 35.4 Å². The smallest absolute Gasteiger partial charge is 0.222 e. The average molecular weight is 300 g/mol. The van der Waals surface area contributed by atoms with E-state index < -0.39 is 0 Å². The van der Waals surface area contributed by atoms with Gasteiger partial charge < -0.3 is 10.2 Å². The molecule has 3 rings (SSSR count). The number of rotatable bonds is 4. The van der Waals surface area contributed by atoms with Crippen LogP contribution in [0.1, 0.15) is 43.9 Å². The van der Waals surface area contributed by atoms with Gasteiger partial charge in [0.25, 0.3) is 0 Å². The monoisotopic (exact) mass is 300 g/mol. The van der Waals surface area contributed by atoms with Crippen molar-refractivity contribution >= 4 is 11.8 Å². The van der Waals surface area contributed by atoms with Crippen LogP contribution in [0.25, 0.3) is 0 Å². The predicted molar refractivity (Wildman–Crippen MR) is 85.2 cm³/mol. The number of carbonyl (C=O) groups excluding carboxylic acids is 2. The van der Waals surface area contributed by atoms with Crippen LogP contribution in [0.3, 0.4) is 0 Å². The molecule has 1 aromatic rings. The van der Waals surface area contributed by atoms with E-state index in [1.165, 1.54) is 12.0 Å². The van der Waals surface area contributed by atoms with Crippen LogP contribution in [0.4, 0.5) is 0 Å². The number of carbonyl (C=O) groups is 2. The molecule has 0 unspecified atom stereocenters. The molecular weight excluding hydrogens is 276 g/mol. The van der Waals surface area contributed by atoms with Gasteiger partial charge in [0.2, 0.25) is 11.8 Å². The van der Waals surface area contributed by atoms with Crippen LogP contribution in [0.2, 0.25) is 0 Å². The second kappa shape index (κ2) is 6.11. The lowest BCUT2D eigenvalue weighted by atomic mass is 9.90. The standard InChI is InChI=1S/C18H24N2O2/c1-12-9-15(12)11-19-18(22)10-17-16-6-4-3-5-14(16)7-8-20(17)13(2)21/h3-6,12,15,17H,7-11H2,1-2H3,(H,19,22)/t12-,15+,17+/m1/s1. The number of nitrogens with one attached hydrogen (secondary N) is 1. The van der Waals surface area contributed by atoms with Crippen LogP contribution in [0.15, 0.2) is 24.3 Å². The summed E-state index contributed by atoms with van der Waals surface area (Å²) in [6.07, 6.45) is 2.44. The first kappa shape index (κ1) is 15.1. The van der Waals surface area contributed by atoms with Crippen molar-refractivity contribution in [1.82, 2.24) is 10.2 Å². The molecule has 1 saturated carbocycles. The maximum Gasteiger partial charge on any atom is 0.222 e. The third-order valence-corrected chi connectivity index (χ3v) is 5.03. The fourth-order valence-corrected chi connectivity index (χ4v) is 3.42. The summed E-state index contributed by atoms with van der Waals surface area (Å²) in [6, 6.07) is 8.03. The zero-order chi connectivity index (χ0) is 15.7. The normalized spacial score (nSPS) is 26.3. The second-order valence-electron chi connectivity index (χ2n) is 6.66. The molecule has 1 aliphatic carbocycles. The van der Waals surface area contributed by atoms with Crippen LogP contribution in [-0.4, -0.2) is 29.8 Å². The van der Waals surface area contributed by atoms with Gasteiger partial charge >= 0.3 is 0 Å². The Balaban J connectivity index is 1.70. The van der Waals surface area contributed by atoms with Crippen molar-refractivity contribution in [1.29, 1.82) is 0 Å². The van der Waals surface area contributed by atoms with Crippen molar-refractivity contribution in [2.75, 3.05) is 13.1 Å². The molecule has 0 spiro atoms. The van der Waals surface area contributed by atoms with E-state index in [4.69, 9.17) is 0 Å². The van der Waals surface area contributed by atoms with Crippen molar-refractivity contribution in [2.45, 2.75) is 39.2 Å². The highest BCUT2D eigenvalue weighted by atomic mass is 16.2. The average Bonchev–Trinajstić information content (AvgIpc) is 3.21. The summed E-state index contributed by atoms with van der Waals surface area (Å²) >= 11 is 0. The Kier molecular flexibility index (Phi) is 4.19. The molecule has 1 fully saturated rings. The molecule has 0 saturated heterocycles. The summed E-state index contributed by atoms with van der Waals surface area (Å²) < 4.78 is 0. The molecule has 0 bridgehead atoms. The fraction of sp³-hybridized carbons (Fsp3) is 0.556. The Morgan fingerprint density at radius 3 is 2.73 bits per heavy atom. The first-order valence-corrected chi connectivity index (χ1v) is 8.18. The molecule has 1 N–H and O–H groups in total. The molecule has 1 heterocycles. The molecular formula is C18H24N2O2. The summed E-state index contributed by atoms with van der Waals surface area (Å²) in [5.74, 6) is 1.48. The van der Waals surface area contributed by atoms with Crippen LogP contribution < -0.4 is 5.32 Å². The molecule has 22 heavy (non-hydrogen) atoms. The first-order valence-electron chi connectivity index (χ1n) is 8.18. The Labute approximate surface area is 131 Å². The molecule has 1 aromatic carbocycles. The van der Waals surface area contributed by atoms with Gasteiger partial charge in [-0.3, -0.25) is 9.59 Å². The van der Waals surface area contributed by atoms with E-state index in [-0.39, 0.29) is 17.9 Å². The van der Waals surface area contributed by atoms with Crippen LogP contribution in [-0.2, 0) is 16.0 Å². The molecule has 2 amide bonds. The minimum atomic E-state index is -0.126. The van der Waals surface area contributed by atoms with Gasteiger partial charge in [0.15, 0.2) is 0 Å². The largest absolute Gasteiger partial charge is 0.356 e. The quantitative estimate of drug-likeness (QED) is 0.927. The van der Waals surface area contributed by atoms with E-state index in [1.54, 1.807) is 6.92 Å². The maximum absolute atomic E-state index is 12.3. The fourth-order valence-electron chi connectivity index (χ4n) is 3.42. The van der Waals surface area contributed by atoms with Crippen LogP contribution in [0.5, 0.6) is 0 Å². The summed E-state index contributed by atoms with van der Waals surface area (Å²) in [7, 11) is 0. The first-order chi connectivity index (χ1) is 10.6. The predicted octanol–water partition coefficient (Wildman–Crippen LogP) is 2.29. The second-order valence-corrected chi connectivity index (χ2v) is 6.66. The summed E-state index contributed by atoms with van der Waals surface area (Å²) in [5.41, 5.74) is 2.38. The van der Waals surface area contributed by atoms with Gasteiger partial charge in [-0.05, 0) is 35.8 Å². The summed E-state index contributed by atoms with van der Waals surface area (Å²) in [4.78, 5) is 26.0. The van der Waals surface area contributed by atoms with Gasteiger partial charge in [-0.2, -0.15) is 0 Å². The van der Waals surface area contributed by atoms with E-state index >= 15 is 0 Å². The Bertz CT molecular complexity index is 584. The van der Waals surface area contributed by atoms with Gasteiger partial charge in [0.05, 0.1) is 12.5 Å². The van der Waals surface area contributed by atoms with Crippen LogP contribution in [0, 0.1) is 11.8 Å². The molecule has 2 aliphatic rings. The van der Waals surface area contributed by atoms with Gasteiger partial charge in [-0.15, -0.1) is 0 Å². The number of nitrogens with zero attached hydrogens (tertiary/aromatic N) is 1. The topological polar surface area (TPSA) is 49.4 Å². The third kappa shape index (κ3) is 3.16. The van der Waals surface area contributed by atoms with Crippen molar-refractivity contribution < 1.29 is 9.59 Å². The SMILES string of the molecule is CC(=O)N1CCc2ccccc2[C@@H]1CC(=O)NC[C@@H]1C[C@H]1C. The number of benzene rings is 1. The van der Waals surface area contributed by atoms with Crippen molar-refractivity contribution in [3.8, 4) is 0 Å². The lowest BCUT2D eigenvalue weighted by Crippen LogP contribution is -2.41. The van der Waals surface area contributed by atoms with Crippen molar-refractivity contribution in [2.24, 2.45) is 11.8 Å². The molecule has 4 nitrogen and oxygen atoms in total. The minimum Gasteiger partial charge on any atom is -0.356 e. The van der Waals surface area contributed by atoms with Gasteiger partial charge in [-0.25, -0.2) is 0 Å². The van der Waals surface area contributed by atoms with E-state index in [9.17, 15) is 9.59 Å². The van der Waals surface area contributed by atoms with E-state index in [2.05, 4.69) is 18.3 Å². The Hall–Kier alpha value is -1.84. The van der Waals surface area contributed by atoms with Crippen molar-refractivity contribution in [3.63, 3.8) is 0 Å². The van der Waals surface area contributed by atoms with E-state index in [0.29, 0.717) is 18.9 Å². The Morgan fingerprint density at radius 2 is 2.05 bits per heavy atom. The van der Waals surface area contributed by atoms with Gasteiger partial charge in [0, 0.05) is 20.0 Å². The number of amides is 2. The lowest BCUT2D eigenvalue weighted by molar-refractivity contribution is -0.133. The highest BCUT2D eigenvalue weighted by Gasteiger charge is 2.34. The number of fused-ring (bicyclic) bond motifs is 1. The molecule has 0 aromatic heterocycles. The molecule has 1 aliphatic heterocycles. The molecule has 3 atom stereocenters. The highest BCUT2D eigenvalue weighted by Crippen LogP contribution is 2.37. The number of hydrogen-bond acceptors (Lipinski definition) is 2. The zero-order valence-electron chi connectivity index (χ0n) is 13.3. The van der Waals surface area contributed by atoms with Gasteiger partial charge in [-0.1, -0.05) is 31.2 Å². The lowest BCUT2D eigenvalue weighted by Gasteiger charge is -2.36. The zero-order valence-corrected chi connectivity index (χ0v) is 13.3. The third-order valence-electron chi connectivity index (χ3n) is 5.03. The molecule has 4 heteroatoms. The van der Waals surface area contributed by atoms with Gasteiger partial charge in [0.1, 0.15) is 0 Å². The Morgan fingerprint density at radius 1 is 1.32 bits per heavy atom. The summed E-state index contributed by atoms with van der Waals surface area (Å²) in [5, 5.41) is 3.04. The highest BCUT2D eigenvalue weighted by molar-refractivity contribution is 5.79. The maximum atomic E-state index is 12.3.